The van der Waals surface area contributed by atoms with E-state index >= 15 is 0 Å². The van der Waals surface area contributed by atoms with Gasteiger partial charge < -0.3 is 20.2 Å². The van der Waals surface area contributed by atoms with E-state index in [-0.39, 0.29) is 30.5 Å². The van der Waals surface area contributed by atoms with E-state index in [2.05, 4.69) is 21.9 Å². The quantitative estimate of drug-likeness (QED) is 0.340. The van der Waals surface area contributed by atoms with Gasteiger partial charge in [0.1, 0.15) is 11.4 Å². The molecule has 5 nitrogen and oxygen atoms in total. The lowest BCUT2D eigenvalue weighted by Crippen LogP contribution is -2.46. The molecule has 1 aromatic heterocycles. The summed E-state index contributed by atoms with van der Waals surface area (Å²) in [4.78, 5) is 4.56. The Balaban J connectivity index is 0.00000288. The third-order valence-corrected chi connectivity index (χ3v) is 5.34. The van der Waals surface area contributed by atoms with Gasteiger partial charge in [0.05, 0.1) is 12.8 Å². The number of aliphatic hydroxyl groups is 1. The number of furan rings is 1. The van der Waals surface area contributed by atoms with E-state index in [0.717, 1.165) is 17.8 Å². The number of guanidine groups is 1. The van der Waals surface area contributed by atoms with Crippen LogP contribution in [0, 0.1) is 0 Å². The van der Waals surface area contributed by atoms with Gasteiger partial charge in [-0.25, -0.2) is 4.99 Å². The molecule has 1 heterocycles. The molecule has 138 valence electrons. The minimum absolute atomic E-state index is 0. The van der Waals surface area contributed by atoms with Crippen LogP contribution in [-0.4, -0.2) is 41.7 Å². The number of hydrogen-bond donors (Lipinski definition) is 3. The van der Waals surface area contributed by atoms with Crippen LogP contribution in [-0.2, 0) is 5.60 Å². The summed E-state index contributed by atoms with van der Waals surface area (Å²) in [6.07, 6.45) is 8.66. The summed E-state index contributed by atoms with van der Waals surface area (Å²) in [5, 5.41) is 18.0. The summed E-state index contributed by atoms with van der Waals surface area (Å²) in [6, 6.07) is 4.01. The van der Waals surface area contributed by atoms with Crippen LogP contribution in [0.1, 0.15) is 45.3 Å². The van der Waals surface area contributed by atoms with Crippen molar-refractivity contribution in [3.63, 3.8) is 0 Å². The summed E-state index contributed by atoms with van der Waals surface area (Å²) >= 11 is 1.95. The second-order valence-electron chi connectivity index (χ2n) is 6.31. The molecule has 3 atom stereocenters. The number of hydrogen-bond acceptors (Lipinski definition) is 4. The van der Waals surface area contributed by atoms with Crippen LogP contribution in [0.2, 0.25) is 0 Å². The molecule has 0 aromatic carbocycles. The van der Waals surface area contributed by atoms with E-state index in [9.17, 15) is 5.11 Å². The fourth-order valence-electron chi connectivity index (χ4n) is 2.90. The molecule has 1 saturated carbocycles. The van der Waals surface area contributed by atoms with Crippen molar-refractivity contribution in [3.05, 3.63) is 24.2 Å². The van der Waals surface area contributed by atoms with Crippen LogP contribution in [0.3, 0.4) is 0 Å². The first kappa shape index (κ1) is 21.6. The average molecular weight is 467 g/mol. The van der Waals surface area contributed by atoms with Crippen molar-refractivity contribution >= 4 is 41.7 Å². The normalized spacial score (nSPS) is 23.9. The first-order valence-corrected chi connectivity index (χ1v) is 9.68. The highest BCUT2D eigenvalue weighted by molar-refractivity contribution is 14.0. The van der Waals surface area contributed by atoms with Crippen molar-refractivity contribution in [2.45, 2.75) is 56.4 Å². The Morgan fingerprint density at radius 1 is 1.50 bits per heavy atom. The first-order valence-electron chi connectivity index (χ1n) is 8.39. The van der Waals surface area contributed by atoms with Crippen molar-refractivity contribution in [1.29, 1.82) is 0 Å². The van der Waals surface area contributed by atoms with Gasteiger partial charge >= 0.3 is 0 Å². The molecule has 7 heteroatoms. The van der Waals surface area contributed by atoms with E-state index in [1.807, 2.05) is 18.7 Å². The largest absolute Gasteiger partial charge is 0.466 e. The molecular formula is C17H30IN3O2S. The zero-order valence-electron chi connectivity index (χ0n) is 14.7. The maximum atomic E-state index is 10.5. The van der Waals surface area contributed by atoms with Crippen molar-refractivity contribution in [2.24, 2.45) is 4.99 Å². The Hall–Kier alpha value is -0.410. The van der Waals surface area contributed by atoms with Crippen molar-refractivity contribution in [3.8, 4) is 0 Å². The molecule has 0 saturated heterocycles. The van der Waals surface area contributed by atoms with Crippen molar-refractivity contribution < 1.29 is 9.52 Å². The molecule has 2 rings (SSSR count). The van der Waals surface area contributed by atoms with Crippen LogP contribution >= 0.6 is 35.7 Å². The summed E-state index contributed by atoms with van der Waals surface area (Å²) < 4.78 is 5.31. The van der Waals surface area contributed by atoms with E-state index in [1.165, 1.54) is 25.7 Å². The molecule has 1 aliphatic rings. The zero-order valence-corrected chi connectivity index (χ0v) is 17.9. The Morgan fingerprint density at radius 2 is 2.29 bits per heavy atom. The fourth-order valence-corrected chi connectivity index (χ4v) is 3.73. The second-order valence-corrected chi connectivity index (χ2v) is 7.45. The highest BCUT2D eigenvalue weighted by Gasteiger charge is 2.27. The Kier molecular flexibility index (Phi) is 9.51. The number of rotatable bonds is 6. The van der Waals surface area contributed by atoms with Gasteiger partial charge in [-0.15, -0.1) is 24.0 Å². The summed E-state index contributed by atoms with van der Waals surface area (Å²) in [7, 11) is 0. The Morgan fingerprint density at radius 3 is 2.92 bits per heavy atom. The van der Waals surface area contributed by atoms with Crippen LogP contribution in [0.4, 0.5) is 0 Å². The molecule has 1 aliphatic carbocycles. The molecule has 0 spiro atoms. The predicted octanol–water partition coefficient (Wildman–Crippen LogP) is 3.33. The average Bonchev–Trinajstić information content (AvgIpc) is 3.08. The number of nitrogens with zero attached hydrogens (tertiary/aromatic N) is 1. The summed E-state index contributed by atoms with van der Waals surface area (Å²) in [5.74, 6) is 1.31. The number of halogens is 1. The van der Waals surface area contributed by atoms with E-state index in [0.29, 0.717) is 11.8 Å². The van der Waals surface area contributed by atoms with Crippen LogP contribution < -0.4 is 10.6 Å². The van der Waals surface area contributed by atoms with E-state index < -0.39 is 5.60 Å². The lowest BCUT2D eigenvalue weighted by molar-refractivity contribution is 0.0436. The van der Waals surface area contributed by atoms with Gasteiger partial charge in [0.15, 0.2) is 5.96 Å². The minimum atomic E-state index is -1.10. The van der Waals surface area contributed by atoms with Gasteiger partial charge in [-0.2, -0.15) is 11.8 Å². The van der Waals surface area contributed by atoms with E-state index in [1.54, 1.807) is 25.3 Å². The molecule has 3 unspecified atom stereocenters. The zero-order chi connectivity index (χ0) is 16.7. The van der Waals surface area contributed by atoms with Gasteiger partial charge in [-0.05, 0) is 51.5 Å². The van der Waals surface area contributed by atoms with Crippen LogP contribution in [0.25, 0.3) is 0 Å². The molecular weight excluding hydrogens is 437 g/mol. The van der Waals surface area contributed by atoms with Crippen LogP contribution in [0.15, 0.2) is 27.8 Å². The Labute approximate surface area is 166 Å². The molecule has 0 aliphatic heterocycles. The topological polar surface area (TPSA) is 69.8 Å². The maximum absolute atomic E-state index is 10.5. The number of thioether (sulfide) groups is 1. The highest BCUT2D eigenvalue weighted by atomic mass is 127. The van der Waals surface area contributed by atoms with Gasteiger partial charge in [-0.1, -0.05) is 6.42 Å². The molecule has 3 N–H and O–H groups in total. The van der Waals surface area contributed by atoms with Crippen LogP contribution in [0.5, 0.6) is 0 Å². The SMILES string of the molecule is CCNC(=NCC(C)(O)c1ccco1)NC1CCCC(SC)C1.I. The van der Waals surface area contributed by atoms with Gasteiger partial charge in [-0.3, -0.25) is 0 Å². The minimum Gasteiger partial charge on any atom is -0.466 e. The van der Waals surface area contributed by atoms with E-state index in [4.69, 9.17) is 4.42 Å². The number of nitrogens with one attached hydrogen (secondary N) is 2. The van der Waals surface area contributed by atoms with Gasteiger partial charge in [0.25, 0.3) is 0 Å². The lowest BCUT2D eigenvalue weighted by atomic mass is 9.95. The maximum Gasteiger partial charge on any atom is 0.191 e. The highest BCUT2D eigenvalue weighted by Crippen LogP contribution is 2.27. The van der Waals surface area contributed by atoms with Gasteiger partial charge in [0.2, 0.25) is 0 Å². The molecule has 0 radical (unpaired) electrons. The summed E-state index contributed by atoms with van der Waals surface area (Å²) in [6.45, 7) is 4.83. The van der Waals surface area contributed by atoms with Crippen molar-refractivity contribution in [2.75, 3.05) is 19.3 Å². The van der Waals surface area contributed by atoms with Gasteiger partial charge in [0, 0.05) is 17.8 Å². The lowest BCUT2D eigenvalue weighted by Gasteiger charge is -2.30. The predicted molar refractivity (Wildman–Crippen MR) is 112 cm³/mol. The second kappa shape index (κ2) is 10.6. The number of aliphatic imine (C=N–C) groups is 1. The molecule has 24 heavy (non-hydrogen) atoms. The molecule has 0 bridgehead atoms. The summed E-state index contributed by atoms with van der Waals surface area (Å²) in [5.41, 5.74) is -1.10. The Bertz CT molecular complexity index is 494. The first-order chi connectivity index (χ1) is 11.0. The smallest absolute Gasteiger partial charge is 0.191 e. The fraction of sp³-hybridized carbons (Fsp3) is 0.706. The van der Waals surface area contributed by atoms with Crippen molar-refractivity contribution in [1.82, 2.24) is 10.6 Å². The standard InChI is InChI=1S/C17H29N3O2S.HI/c1-4-18-16(20-13-7-5-8-14(11-13)23-3)19-12-17(2,21)15-9-6-10-22-15;/h6,9-10,13-14,21H,4-5,7-8,11-12H2,1-3H3,(H2,18,19,20);1H. The molecule has 0 amide bonds. The molecule has 1 fully saturated rings. The third-order valence-electron chi connectivity index (χ3n) is 4.24. The molecule has 1 aromatic rings. The monoisotopic (exact) mass is 467 g/mol. The third kappa shape index (κ3) is 6.48.